The topological polar surface area (TPSA) is 167 Å². The summed E-state index contributed by atoms with van der Waals surface area (Å²) in [5.74, 6) is -0.857. The minimum atomic E-state index is -3.85. The molecule has 2 amide bonds. The molecule has 2 aromatic carbocycles. The monoisotopic (exact) mass is 641 g/mol. The molecular formula is C29H41N2O10S2+. The smallest absolute Gasteiger partial charge is 0.421 e. The van der Waals surface area contributed by atoms with E-state index in [4.69, 9.17) is 14.2 Å². The largest absolute Gasteiger partial charge is 0.493 e. The van der Waals surface area contributed by atoms with Crippen LogP contribution in [-0.4, -0.2) is 73.5 Å². The molecule has 0 saturated carbocycles. The lowest BCUT2D eigenvalue weighted by atomic mass is 10.2. The summed E-state index contributed by atoms with van der Waals surface area (Å²) < 4.78 is 45.5. The van der Waals surface area contributed by atoms with E-state index in [1.807, 2.05) is 13.8 Å². The van der Waals surface area contributed by atoms with Crippen molar-refractivity contribution in [1.29, 1.82) is 0 Å². The molecule has 2 rings (SSSR count). The van der Waals surface area contributed by atoms with Gasteiger partial charge in [0.2, 0.25) is 5.91 Å². The minimum absolute atomic E-state index is 0.00731. The second-order valence-electron chi connectivity index (χ2n) is 10.1. The lowest BCUT2D eigenvalue weighted by Crippen LogP contribution is -2.33. The first-order chi connectivity index (χ1) is 20.2. The van der Waals surface area contributed by atoms with E-state index in [1.165, 1.54) is 19.1 Å². The van der Waals surface area contributed by atoms with E-state index in [9.17, 15) is 27.6 Å². The number of esters is 1. The van der Waals surface area contributed by atoms with Crippen LogP contribution in [0.2, 0.25) is 0 Å². The molecule has 0 spiro atoms. The van der Waals surface area contributed by atoms with Crippen molar-refractivity contribution in [1.82, 2.24) is 5.32 Å². The molecule has 0 aromatic heterocycles. The fourth-order valence-corrected chi connectivity index (χ4v) is 7.41. The predicted octanol–water partition coefficient (Wildman–Crippen LogP) is 4.54. The Kier molecular flexibility index (Phi) is 14.0. The summed E-state index contributed by atoms with van der Waals surface area (Å²) in [4.78, 5) is 47.9. The van der Waals surface area contributed by atoms with Crippen molar-refractivity contribution in [3.8, 4) is 5.75 Å². The molecule has 12 nitrogen and oxygen atoms in total. The molecule has 0 aliphatic rings. The number of amides is 2. The van der Waals surface area contributed by atoms with Crippen LogP contribution >= 0.6 is 10.3 Å². The van der Waals surface area contributed by atoms with Crippen LogP contribution in [0.15, 0.2) is 53.4 Å². The summed E-state index contributed by atoms with van der Waals surface area (Å²) >= 11 is 0. The Bertz CT molecular complexity index is 1360. The van der Waals surface area contributed by atoms with Gasteiger partial charge in [0.25, 0.3) is 6.29 Å². The zero-order chi connectivity index (χ0) is 32.0. The average molecular weight is 642 g/mol. The Balaban J connectivity index is 1.90. The molecule has 0 aliphatic heterocycles. The Morgan fingerprint density at radius 2 is 1.70 bits per heavy atom. The fraction of sp³-hybridized carbons (Fsp3) is 0.448. The number of ether oxygens (including phenoxy) is 3. The van der Waals surface area contributed by atoms with Gasteiger partial charge in [-0.2, -0.15) is 0 Å². The van der Waals surface area contributed by atoms with Gasteiger partial charge < -0.3 is 24.8 Å². The van der Waals surface area contributed by atoms with Crippen LogP contribution in [0.5, 0.6) is 5.75 Å². The first kappa shape index (κ1) is 35.6. The molecule has 0 bridgehead atoms. The summed E-state index contributed by atoms with van der Waals surface area (Å²) in [7, 11) is -5.83. The van der Waals surface area contributed by atoms with Crippen LogP contribution in [0.1, 0.15) is 45.1 Å². The van der Waals surface area contributed by atoms with Crippen molar-refractivity contribution < 1.29 is 45.4 Å². The molecule has 0 heterocycles. The lowest BCUT2D eigenvalue weighted by Gasteiger charge is -2.25. The van der Waals surface area contributed by atoms with E-state index in [-0.39, 0.29) is 41.8 Å². The summed E-state index contributed by atoms with van der Waals surface area (Å²) in [5.41, 5.74) is 1.40. The van der Waals surface area contributed by atoms with Gasteiger partial charge in [-0.25, -0.2) is 4.79 Å². The first-order valence-corrected chi connectivity index (χ1v) is 17.6. The number of alkyl carbamates (subject to hydrolysis) is 1. The highest BCUT2D eigenvalue weighted by Gasteiger charge is 2.30. The van der Waals surface area contributed by atoms with E-state index in [0.717, 1.165) is 5.56 Å². The van der Waals surface area contributed by atoms with Gasteiger partial charge in [0.1, 0.15) is 22.8 Å². The second-order valence-corrected chi connectivity index (χ2v) is 15.5. The molecule has 43 heavy (non-hydrogen) atoms. The number of ketones is 1. The quantitative estimate of drug-likeness (QED) is 0.0829. The van der Waals surface area contributed by atoms with Gasteiger partial charge in [-0.15, -0.1) is 8.42 Å². The van der Waals surface area contributed by atoms with Crippen LogP contribution in [0.3, 0.4) is 0 Å². The number of rotatable bonds is 17. The maximum Gasteiger partial charge on any atom is 0.421 e. The molecule has 0 fully saturated rings. The SMILES string of the molecule is CCCNC(=O)OC(CCOc1cccc(NC(=O)CCS(C)(C)[OH+]S(=O)(=O)c2ccc(C)cc2)c1)OC(=O)CC(C)=O. The number of nitrogens with one attached hydrogen (secondary N) is 2. The second kappa shape index (κ2) is 16.9. The van der Waals surface area contributed by atoms with E-state index in [0.29, 0.717) is 24.4 Å². The summed E-state index contributed by atoms with van der Waals surface area (Å²) in [5, 5.41) is 5.28. The van der Waals surface area contributed by atoms with Gasteiger partial charge in [-0.05, 0) is 54.8 Å². The summed E-state index contributed by atoms with van der Waals surface area (Å²) in [6.45, 7) is 5.35. The predicted molar refractivity (Wildman–Crippen MR) is 165 cm³/mol. The standard InChI is InChI=1S/C29H40N2O10S2/c1-6-16-30-29(35)40-28(39-27(34)19-22(3)32)14-17-38-24-9-7-8-23(20-24)31-26(33)15-18-42(4,5)41-43(36,37)25-12-10-21(2)11-13-25/h7-13,20,28H,6,14-19H2,1-5H3,(H,30,35)(H,31,33)/p+1. The molecule has 3 N–H and O–H groups in total. The molecule has 1 atom stereocenters. The zero-order valence-electron chi connectivity index (χ0n) is 25.1. The Morgan fingerprint density at radius 3 is 2.35 bits per heavy atom. The van der Waals surface area contributed by atoms with Crippen molar-refractivity contribution in [3.05, 3.63) is 54.1 Å². The van der Waals surface area contributed by atoms with Crippen molar-refractivity contribution in [2.24, 2.45) is 0 Å². The van der Waals surface area contributed by atoms with Crippen molar-refractivity contribution in [3.63, 3.8) is 0 Å². The fourth-order valence-electron chi connectivity index (χ4n) is 3.48. The Hall–Kier alpha value is -3.62. The highest BCUT2D eigenvalue weighted by Crippen LogP contribution is 2.42. The van der Waals surface area contributed by atoms with Gasteiger partial charge in [0.05, 0.1) is 13.0 Å². The van der Waals surface area contributed by atoms with Gasteiger partial charge >= 0.3 is 22.2 Å². The molecule has 0 saturated heterocycles. The van der Waals surface area contributed by atoms with E-state index in [2.05, 4.69) is 14.3 Å². The van der Waals surface area contributed by atoms with Crippen LogP contribution in [-0.2, 0) is 34.0 Å². The van der Waals surface area contributed by atoms with Crippen molar-refractivity contribution in [2.75, 3.05) is 36.7 Å². The highest BCUT2D eigenvalue weighted by atomic mass is 32.3. The number of carbonyl (C=O) groups is 4. The third kappa shape index (κ3) is 13.9. The molecule has 0 radical (unpaired) electrons. The lowest BCUT2D eigenvalue weighted by molar-refractivity contribution is -0.170. The third-order valence-electron chi connectivity index (χ3n) is 5.60. The number of hydrogen-bond donors (Lipinski definition) is 2. The summed E-state index contributed by atoms with van der Waals surface area (Å²) in [6.07, 6.45) is 1.73. The Morgan fingerprint density at radius 1 is 1.00 bits per heavy atom. The molecule has 2 aromatic rings. The average Bonchev–Trinajstić information content (AvgIpc) is 2.90. The first-order valence-electron chi connectivity index (χ1n) is 13.6. The number of anilines is 1. The number of aryl methyl sites for hydroxylation is 1. The van der Waals surface area contributed by atoms with Crippen LogP contribution in [0.25, 0.3) is 0 Å². The maximum absolute atomic E-state index is 12.7. The van der Waals surface area contributed by atoms with Crippen LogP contribution in [0.4, 0.5) is 10.5 Å². The highest BCUT2D eigenvalue weighted by molar-refractivity contribution is 8.31. The van der Waals surface area contributed by atoms with Gasteiger partial charge in [0, 0.05) is 43.0 Å². The van der Waals surface area contributed by atoms with E-state index >= 15 is 0 Å². The molecule has 1 unspecified atom stereocenters. The van der Waals surface area contributed by atoms with Gasteiger partial charge in [-0.3, -0.25) is 18.0 Å². The van der Waals surface area contributed by atoms with Crippen LogP contribution < -0.4 is 15.4 Å². The third-order valence-corrected chi connectivity index (χ3v) is 10.1. The minimum Gasteiger partial charge on any atom is -0.493 e. The molecule has 0 aliphatic carbocycles. The molecular weight excluding hydrogens is 600 g/mol. The van der Waals surface area contributed by atoms with Gasteiger partial charge in [0.15, 0.2) is 0 Å². The zero-order valence-corrected chi connectivity index (χ0v) is 26.7. The Labute approximate surface area is 254 Å². The maximum atomic E-state index is 12.7. The number of carbonyl (C=O) groups excluding carboxylic acids is 4. The number of benzene rings is 2. The molecule has 238 valence electrons. The van der Waals surface area contributed by atoms with Crippen LogP contribution in [0, 0.1) is 6.92 Å². The van der Waals surface area contributed by atoms with Crippen molar-refractivity contribution >= 4 is 49.9 Å². The van der Waals surface area contributed by atoms with E-state index in [1.54, 1.807) is 48.9 Å². The number of Topliss-reactive ketones (excluding diaryl/α,β-unsaturated/α-hetero) is 1. The normalized spacial score (nSPS) is 12.5. The van der Waals surface area contributed by atoms with Gasteiger partial charge in [-0.1, -0.05) is 30.7 Å². The van der Waals surface area contributed by atoms with E-state index < -0.39 is 45.2 Å². The summed E-state index contributed by atoms with van der Waals surface area (Å²) in [6, 6.07) is 13.0. The molecule has 14 heteroatoms. The number of hydrogen-bond acceptors (Lipinski definition) is 9. The van der Waals surface area contributed by atoms with Crippen molar-refractivity contribution in [2.45, 2.75) is 57.6 Å².